The standard InChI is InChI=1S/C4H2N9.Na/c5-1-6-2-8-9-4-11-12-10-3(7-1)13(2)4;/h(H2-,5,6,7,8,9,10,11);/q-1;+1. The third-order valence-corrected chi connectivity index (χ3v) is 1.53. The molecular weight excluding hydrogens is 197 g/mol. The van der Waals surface area contributed by atoms with Crippen LogP contribution in [-0.4, -0.2) is 24.6 Å². The summed E-state index contributed by atoms with van der Waals surface area (Å²) in [6, 6.07) is 0. The monoisotopic (exact) mass is 199 g/mol. The first-order valence-corrected chi connectivity index (χ1v) is 3.35. The molecule has 0 aliphatic carbocycles. The van der Waals surface area contributed by atoms with Crippen molar-refractivity contribution in [2.75, 3.05) is 5.73 Å². The van der Waals surface area contributed by atoms with Gasteiger partial charge >= 0.3 is 29.6 Å². The number of rotatable bonds is 0. The zero-order valence-electron chi connectivity index (χ0n) is 7.16. The quantitative estimate of drug-likeness (QED) is 0.457. The molecule has 3 rings (SSSR count). The van der Waals surface area contributed by atoms with E-state index < -0.39 is 0 Å². The van der Waals surface area contributed by atoms with Gasteiger partial charge in [0.15, 0.2) is 11.9 Å². The van der Waals surface area contributed by atoms with Gasteiger partial charge < -0.3 is 5.73 Å². The first kappa shape index (κ1) is 9.24. The first-order chi connectivity index (χ1) is 6.34. The van der Waals surface area contributed by atoms with Crippen molar-refractivity contribution >= 4 is 23.6 Å². The molecule has 1 aliphatic rings. The maximum Gasteiger partial charge on any atom is 1.00 e. The number of nitrogens with two attached hydrogens (primary N) is 1. The number of nitrogens with zero attached hydrogens (tertiary/aromatic N) is 8. The van der Waals surface area contributed by atoms with Gasteiger partial charge in [0.25, 0.3) is 0 Å². The van der Waals surface area contributed by atoms with Gasteiger partial charge in [0.2, 0.25) is 5.78 Å². The average Bonchev–Trinajstić information content (AvgIpc) is 2.50. The fourth-order valence-electron chi connectivity index (χ4n) is 1.03. The Labute approximate surface area is 99.1 Å². The van der Waals surface area contributed by atoms with E-state index >= 15 is 0 Å². The van der Waals surface area contributed by atoms with Crippen molar-refractivity contribution < 1.29 is 29.6 Å². The van der Waals surface area contributed by atoms with E-state index in [0.29, 0.717) is 11.7 Å². The number of hydrogen-bond donors (Lipinski definition) is 1. The van der Waals surface area contributed by atoms with E-state index in [1.165, 1.54) is 4.40 Å². The molecule has 0 radical (unpaired) electrons. The molecule has 0 aromatic carbocycles. The Hall–Kier alpha value is -1.32. The van der Waals surface area contributed by atoms with Crippen LogP contribution in [0.4, 0.5) is 17.8 Å². The summed E-state index contributed by atoms with van der Waals surface area (Å²) < 4.78 is 1.46. The molecule has 2 aromatic rings. The Morgan fingerprint density at radius 1 is 1.21 bits per heavy atom. The van der Waals surface area contributed by atoms with Gasteiger partial charge in [-0.15, -0.1) is 10.2 Å². The van der Waals surface area contributed by atoms with Crippen molar-refractivity contribution in [2.24, 2.45) is 10.3 Å². The van der Waals surface area contributed by atoms with Gasteiger partial charge in [-0.05, 0) is 0 Å². The van der Waals surface area contributed by atoms with E-state index in [-0.39, 0.29) is 41.5 Å². The zero-order chi connectivity index (χ0) is 8.84. The molecule has 0 spiro atoms. The molecule has 2 N–H and O–H groups in total. The molecule has 14 heavy (non-hydrogen) atoms. The minimum Gasteiger partial charge on any atom is -0.378 e. The van der Waals surface area contributed by atoms with E-state index in [4.69, 9.17) is 5.73 Å². The summed E-state index contributed by atoms with van der Waals surface area (Å²) in [6.45, 7) is 0. The van der Waals surface area contributed by atoms with E-state index in [2.05, 4.69) is 35.9 Å². The summed E-state index contributed by atoms with van der Waals surface area (Å²) in [5.74, 6) is 1.000. The van der Waals surface area contributed by atoms with Crippen LogP contribution in [0.15, 0.2) is 10.3 Å². The fourth-order valence-corrected chi connectivity index (χ4v) is 1.03. The summed E-state index contributed by atoms with van der Waals surface area (Å²) in [4.78, 5) is 7.67. The van der Waals surface area contributed by atoms with Gasteiger partial charge in [-0.1, -0.05) is 0 Å². The Morgan fingerprint density at radius 2 is 2.07 bits per heavy atom. The van der Waals surface area contributed by atoms with Gasteiger partial charge in [-0.25, -0.2) is 10.5 Å². The third-order valence-electron chi connectivity index (χ3n) is 1.53. The zero-order valence-corrected chi connectivity index (χ0v) is 9.16. The van der Waals surface area contributed by atoms with Crippen LogP contribution >= 0.6 is 0 Å². The number of aromatic nitrogens is 5. The molecule has 3 heterocycles. The number of anilines is 1. The molecule has 2 aromatic heterocycles. The van der Waals surface area contributed by atoms with E-state index in [1.807, 2.05) is 0 Å². The minimum atomic E-state index is 0. The third kappa shape index (κ3) is 1.14. The molecular formula is C4H2N9Na. The van der Waals surface area contributed by atoms with Crippen molar-refractivity contribution in [3.63, 3.8) is 0 Å². The molecule has 0 amide bonds. The van der Waals surface area contributed by atoms with Crippen LogP contribution in [-0.2, 0) is 0 Å². The van der Waals surface area contributed by atoms with Gasteiger partial charge in [0.1, 0.15) is 5.95 Å². The molecule has 0 atom stereocenters. The van der Waals surface area contributed by atoms with Crippen molar-refractivity contribution in [3.8, 4) is 0 Å². The molecule has 64 valence electrons. The second-order valence-electron chi connectivity index (χ2n) is 2.31. The topological polar surface area (TPSA) is 121 Å². The number of hydrogen-bond acceptors (Lipinski definition) is 7. The molecule has 1 aliphatic heterocycles. The molecule has 0 saturated carbocycles. The SMILES string of the molecule is Nc1nc2n3c(nnc3n1)N=N[N-]2.[Na+]. The van der Waals surface area contributed by atoms with Crippen molar-refractivity contribution in [1.29, 1.82) is 0 Å². The molecule has 0 saturated heterocycles. The van der Waals surface area contributed by atoms with Crippen molar-refractivity contribution in [3.05, 3.63) is 5.43 Å². The predicted octanol–water partition coefficient (Wildman–Crippen LogP) is -2.88. The number of nitrogen functional groups attached to an aromatic ring is 1. The molecule has 0 bridgehead atoms. The van der Waals surface area contributed by atoms with Crippen LogP contribution in [0, 0.1) is 0 Å². The van der Waals surface area contributed by atoms with Crippen molar-refractivity contribution in [2.45, 2.75) is 0 Å². The van der Waals surface area contributed by atoms with Crippen LogP contribution in [0.25, 0.3) is 11.2 Å². The van der Waals surface area contributed by atoms with Crippen LogP contribution in [0.2, 0.25) is 0 Å². The molecule has 0 fully saturated rings. The smallest absolute Gasteiger partial charge is 0.378 e. The van der Waals surface area contributed by atoms with Gasteiger partial charge in [-0.3, -0.25) is 9.38 Å². The van der Waals surface area contributed by atoms with Crippen LogP contribution in [0.3, 0.4) is 0 Å². The summed E-state index contributed by atoms with van der Waals surface area (Å²) in [6.07, 6.45) is 0. The van der Waals surface area contributed by atoms with Crippen LogP contribution in [0.1, 0.15) is 0 Å². The maximum absolute atomic E-state index is 5.40. The van der Waals surface area contributed by atoms with Gasteiger partial charge in [-0.2, -0.15) is 10.2 Å². The summed E-state index contributed by atoms with van der Waals surface area (Å²) in [5.41, 5.74) is 9.05. The molecule has 9 nitrogen and oxygen atoms in total. The fraction of sp³-hybridized carbons (Fsp3) is 0. The Balaban J connectivity index is 0.000000750. The predicted molar refractivity (Wildman–Crippen MR) is 40.5 cm³/mol. The van der Waals surface area contributed by atoms with Crippen LogP contribution < -0.4 is 35.3 Å². The summed E-state index contributed by atoms with van der Waals surface area (Å²) in [5, 5.41) is 14.5. The molecule has 10 heteroatoms. The Morgan fingerprint density at radius 3 is 2.93 bits per heavy atom. The summed E-state index contributed by atoms with van der Waals surface area (Å²) >= 11 is 0. The summed E-state index contributed by atoms with van der Waals surface area (Å²) in [7, 11) is 0. The average molecular weight is 199 g/mol. The second kappa shape index (κ2) is 3.12. The first-order valence-electron chi connectivity index (χ1n) is 3.35. The van der Waals surface area contributed by atoms with Crippen LogP contribution in [0.5, 0.6) is 0 Å². The molecule has 0 unspecified atom stereocenters. The Bertz CT molecular complexity index is 515. The van der Waals surface area contributed by atoms with Gasteiger partial charge in [0, 0.05) is 0 Å². The van der Waals surface area contributed by atoms with E-state index in [9.17, 15) is 0 Å². The van der Waals surface area contributed by atoms with Gasteiger partial charge in [0.05, 0.1) is 0 Å². The van der Waals surface area contributed by atoms with E-state index in [0.717, 1.165) is 0 Å². The normalized spacial score (nSPS) is 12.3. The minimum absolute atomic E-state index is 0. The van der Waals surface area contributed by atoms with E-state index in [1.54, 1.807) is 0 Å². The maximum atomic E-state index is 5.40. The Kier molecular flexibility index (Phi) is 2.06. The second-order valence-corrected chi connectivity index (χ2v) is 2.31. The van der Waals surface area contributed by atoms with Crippen molar-refractivity contribution in [1.82, 2.24) is 24.6 Å². The largest absolute Gasteiger partial charge is 1.00 e.